The number of nitrogens with zero attached hydrogens (tertiary/aromatic N) is 2. The highest BCUT2D eigenvalue weighted by Gasteiger charge is 2.20. The van der Waals surface area contributed by atoms with Crippen LogP contribution >= 0.6 is 0 Å². The average molecular weight is 306 g/mol. The van der Waals surface area contributed by atoms with Gasteiger partial charge in [-0.25, -0.2) is 4.98 Å². The zero-order valence-corrected chi connectivity index (χ0v) is 12.7. The lowest BCUT2D eigenvalue weighted by Gasteiger charge is -2.21. The number of H-pyrrole nitrogens is 1. The van der Waals surface area contributed by atoms with Crippen molar-refractivity contribution in [1.82, 2.24) is 20.5 Å². The van der Waals surface area contributed by atoms with Crippen molar-refractivity contribution in [2.45, 2.75) is 6.10 Å². The predicted molar refractivity (Wildman–Crippen MR) is 88.8 cm³/mol. The number of aromatic amines is 1. The third-order valence-electron chi connectivity index (χ3n) is 3.96. The van der Waals surface area contributed by atoms with E-state index in [4.69, 9.17) is 4.74 Å². The first-order valence-electron chi connectivity index (χ1n) is 7.80. The third-order valence-corrected chi connectivity index (χ3v) is 3.96. The van der Waals surface area contributed by atoms with E-state index in [0.717, 1.165) is 30.0 Å². The summed E-state index contributed by atoms with van der Waals surface area (Å²) < 4.78 is 5.71. The van der Waals surface area contributed by atoms with Crippen LogP contribution in [0, 0.1) is 0 Å². The van der Waals surface area contributed by atoms with Crippen LogP contribution in [0.3, 0.4) is 0 Å². The van der Waals surface area contributed by atoms with E-state index in [-0.39, 0.29) is 6.10 Å². The summed E-state index contributed by atoms with van der Waals surface area (Å²) in [5.74, 6) is 1.48. The van der Waals surface area contributed by atoms with Gasteiger partial charge in [-0.1, -0.05) is 48.5 Å². The average Bonchev–Trinajstić information content (AvgIpc) is 3.14. The van der Waals surface area contributed by atoms with Crippen molar-refractivity contribution in [3.8, 4) is 22.5 Å². The zero-order valence-electron chi connectivity index (χ0n) is 12.7. The highest BCUT2D eigenvalue weighted by Crippen LogP contribution is 2.25. The van der Waals surface area contributed by atoms with Crippen molar-refractivity contribution >= 4 is 0 Å². The van der Waals surface area contributed by atoms with Crippen molar-refractivity contribution in [3.63, 3.8) is 0 Å². The van der Waals surface area contributed by atoms with Crippen LogP contribution in [0.25, 0.3) is 22.5 Å². The van der Waals surface area contributed by atoms with Gasteiger partial charge in [0.15, 0.2) is 11.6 Å². The molecule has 0 radical (unpaired) electrons. The molecule has 1 aliphatic heterocycles. The Labute approximate surface area is 134 Å². The molecule has 0 saturated carbocycles. The van der Waals surface area contributed by atoms with E-state index >= 15 is 0 Å². The molecule has 1 atom stereocenters. The van der Waals surface area contributed by atoms with Crippen molar-refractivity contribution in [2.24, 2.45) is 0 Å². The maximum Gasteiger partial charge on any atom is 0.181 e. The molecule has 2 heterocycles. The highest BCUT2D eigenvalue weighted by atomic mass is 16.5. The maximum atomic E-state index is 5.71. The number of ether oxygens (including phenoxy) is 1. The molecular formula is C18H18N4O. The number of nitrogens with one attached hydrogen (secondary N) is 2. The second-order valence-electron chi connectivity index (χ2n) is 5.55. The smallest absolute Gasteiger partial charge is 0.181 e. The molecule has 4 rings (SSSR count). The molecule has 5 heteroatoms. The lowest BCUT2D eigenvalue weighted by Crippen LogP contribution is -2.33. The molecule has 116 valence electrons. The van der Waals surface area contributed by atoms with Crippen molar-refractivity contribution in [3.05, 3.63) is 60.4 Å². The highest BCUT2D eigenvalue weighted by molar-refractivity contribution is 5.70. The normalized spacial score (nSPS) is 18.0. The van der Waals surface area contributed by atoms with E-state index in [1.807, 2.05) is 30.3 Å². The van der Waals surface area contributed by atoms with Crippen LogP contribution in [0.5, 0.6) is 0 Å². The van der Waals surface area contributed by atoms with Gasteiger partial charge in [-0.3, -0.25) is 5.10 Å². The monoisotopic (exact) mass is 306 g/mol. The summed E-state index contributed by atoms with van der Waals surface area (Å²) >= 11 is 0. The van der Waals surface area contributed by atoms with E-state index in [2.05, 4.69) is 44.8 Å². The Morgan fingerprint density at radius 2 is 1.78 bits per heavy atom. The van der Waals surface area contributed by atoms with Gasteiger partial charge in [0, 0.05) is 18.7 Å². The summed E-state index contributed by atoms with van der Waals surface area (Å²) in [6, 6.07) is 18.6. The molecule has 1 aliphatic rings. The fourth-order valence-electron chi connectivity index (χ4n) is 2.76. The van der Waals surface area contributed by atoms with Crippen molar-refractivity contribution in [1.29, 1.82) is 0 Å². The molecule has 3 aromatic rings. The molecule has 1 saturated heterocycles. The van der Waals surface area contributed by atoms with Gasteiger partial charge in [-0.15, -0.1) is 0 Å². The second kappa shape index (κ2) is 6.32. The number of rotatable bonds is 3. The standard InChI is InChI=1S/C18H18N4O/c1-2-5-13(6-3-1)14-7-4-8-15(11-14)17-20-18(22-21-17)16-12-19-9-10-23-16/h1-8,11,16,19H,9-10,12H2,(H,20,21,22). The van der Waals surface area contributed by atoms with E-state index < -0.39 is 0 Å². The van der Waals surface area contributed by atoms with E-state index in [9.17, 15) is 0 Å². The molecule has 5 nitrogen and oxygen atoms in total. The van der Waals surface area contributed by atoms with Crippen LogP contribution in [0.4, 0.5) is 0 Å². The van der Waals surface area contributed by atoms with Crippen LogP contribution in [-0.4, -0.2) is 34.9 Å². The minimum Gasteiger partial charge on any atom is -0.368 e. The molecule has 0 aliphatic carbocycles. The fraction of sp³-hybridized carbons (Fsp3) is 0.222. The minimum atomic E-state index is -0.0534. The topological polar surface area (TPSA) is 62.8 Å². The van der Waals surface area contributed by atoms with Crippen molar-refractivity contribution in [2.75, 3.05) is 19.7 Å². The van der Waals surface area contributed by atoms with Crippen LogP contribution in [0.15, 0.2) is 54.6 Å². The Bertz CT molecular complexity index is 778. The second-order valence-corrected chi connectivity index (χ2v) is 5.55. The molecule has 23 heavy (non-hydrogen) atoms. The lowest BCUT2D eigenvalue weighted by atomic mass is 10.0. The number of benzene rings is 2. The molecule has 1 fully saturated rings. The Hall–Kier alpha value is -2.50. The van der Waals surface area contributed by atoms with Gasteiger partial charge in [0.05, 0.1) is 6.61 Å². The first-order valence-corrected chi connectivity index (χ1v) is 7.80. The molecule has 2 N–H and O–H groups in total. The van der Waals surface area contributed by atoms with Gasteiger partial charge in [-0.05, 0) is 17.2 Å². The summed E-state index contributed by atoms with van der Waals surface area (Å²) in [6.07, 6.45) is -0.0534. The van der Waals surface area contributed by atoms with Crippen molar-refractivity contribution < 1.29 is 4.74 Å². The Kier molecular flexibility index (Phi) is 3.88. The number of morpholine rings is 1. The van der Waals surface area contributed by atoms with Crippen LogP contribution in [0.1, 0.15) is 11.9 Å². The zero-order chi connectivity index (χ0) is 15.5. The summed E-state index contributed by atoms with van der Waals surface area (Å²) in [5, 5.41) is 10.7. The Morgan fingerprint density at radius 1 is 0.957 bits per heavy atom. The molecule has 1 unspecified atom stereocenters. The molecular weight excluding hydrogens is 288 g/mol. The van der Waals surface area contributed by atoms with E-state index in [1.54, 1.807) is 0 Å². The quantitative estimate of drug-likeness (QED) is 0.781. The van der Waals surface area contributed by atoms with Gasteiger partial charge in [0.2, 0.25) is 0 Å². The number of hydrogen-bond acceptors (Lipinski definition) is 4. The Balaban J connectivity index is 1.62. The lowest BCUT2D eigenvalue weighted by molar-refractivity contribution is 0.0224. The number of aromatic nitrogens is 3. The van der Waals surface area contributed by atoms with Gasteiger partial charge in [0.25, 0.3) is 0 Å². The largest absolute Gasteiger partial charge is 0.368 e. The predicted octanol–water partition coefficient (Wildman–Crippen LogP) is 2.80. The third kappa shape index (κ3) is 3.02. The first-order chi connectivity index (χ1) is 11.4. The fourth-order valence-corrected chi connectivity index (χ4v) is 2.76. The Morgan fingerprint density at radius 3 is 2.61 bits per heavy atom. The van der Waals surface area contributed by atoms with Crippen LogP contribution in [0.2, 0.25) is 0 Å². The van der Waals surface area contributed by atoms with Gasteiger partial charge in [-0.2, -0.15) is 5.10 Å². The summed E-state index contributed by atoms with van der Waals surface area (Å²) in [7, 11) is 0. The first kappa shape index (κ1) is 14.1. The number of hydrogen-bond donors (Lipinski definition) is 2. The van der Waals surface area contributed by atoms with Crippen LogP contribution in [-0.2, 0) is 4.74 Å². The van der Waals surface area contributed by atoms with E-state index in [0.29, 0.717) is 12.4 Å². The van der Waals surface area contributed by atoms with E-state index in [1.165, 1.54) is 5.56 Å². The van der Waals surface area contributed by atoms with Gasteiger partial charge in [0.1, 0.15) is 6.10 Å². The molecule has 2 aromatic carbocycles. The van der Waals surface area contributed by atoms with Gasteiger partial charge >= 0.3 is 0 Å². The summed E-state index contributed by atoms with van der Waals surface area (Å²) in [6.45, 7) is 2.35. The summed E-state index contributed by atoms with van der Waals surface area (Å²) in [4.78, 5) is 4.61. The summed E-state index contributed by atoms with van der Waals surface area (Å²) in [5.41, 5.74) is 3.34. The molecule has 0 spiro atoms. The molecule has 1 aromatic heterocycles. The van der Waals surface area contributed by atoms with Crippen LogP contribution < -0.4 is 5.32 Å². The minimum absolute atomic E-state index is 0.0534. The molecule has 0 amide bonds. The van der Waals surface area contributed by atoms with Gasteiger partial charge < -0.3 is 10.1 Å². The maximum absolute atomic E-state index is 5.71. The SMILES string of the molecule is c1ccc(-c2cccc(-c3n[nH]c(C4CNCCO4)n3)c2)cc1. The molecule has 0 bridgehead atoms.